The van der Waals surface area contributed by atoms with Gasteiger partial charge in [-0.25, -0.2) is 4.79 Å². The first-order valence-corrected chi connectivity index (χ1v) is 9.38. The largest absolute Gasteiger partial charge is 0.462 e. The lowest BCUT2D eigenvalue weighted by Gasteiger charge is -2.23. The van der Waals surface area contributed by atoms with E-state index in [0.29, 0.717) is 21.4 Å². The second kappa shape index (κ2) is 7.93. The second-order valence-electron chi connectivity index (χ2n) is 6.13. The minimum absolute atomic E-state index is 0.262. The van der Waals surface area contributed by atoms with E-state index in [-0.39, 0.29) is 12.2 Å². The number of hydrogen-bond acceptors (Lipinski definition) is 5. The minimum Gasteiger partial charge on any atom is -0.462 e. The molecule has 1 unspecified atom stereocenters. The Hall–Kier alpha value is -3.00. The monoisotopic (exact) mass is 444 g/mol. The molecule has 1 atom stereocenters. The zero-order valence-electron chi connectivity index (χ0n) is 15.2. The Morgan fingerprint density at radius 2 is 1.82 bits per heavy atom. The number of carbonyl (C=O) groups is 4. The van der Waals surface area contributed by atoms with Crippen molar-refractivity contribution in [2.45, 2.75) is 19.9 Å². The summed E-state index contributed by atoms with van der Waals surface area (Å²) in [5.41, 5.74) is 1.49. The quantitative estimate of drug-likeness (QED) is 0.564. The number of carbonyl (C=O) groups excluding carboxylic acids is 4. The van der Waals surface area contributed by atoms with Crippen LogP contribution < -0.4 is 10.2 Å². The zero-order valence-corrected chi connectivity index (χ0v) is 16.8. The van der Waals surface area contributed by atoms with E-state index in [1.807, 2.05) is 0 Å². The normalized spacial score (nSPS) is 13.9. The summed E-state index contributed by atoms with van der Waals surface area (Å²) in [6, 6.07) is 10.2. The maximum Gasteiger partial charge on any atom is 0.338 e. The van der Waals surface area contributed by atoms with Crippen molar-refractivity contribution in [1.29, 1.82) is 0 Å². The first-order valence-electron chi connectivity index (χ1n) is 8.59. The lowest BCUT2D eigenvalue weighted by atomic mass is 10.1. The number of amides is 2. The number of halogens is 1. The molecule has 28 heavy (non-hydrogen) atoms. The number of benzene rings is 2. The summed E-state index contributed by atoms with van der Waals surface area (Å²) in [6.45, 7) is 3.54. The van der Waals surface area contributed by atoms with Crippen LogP contribution in [-0.2, 0) is 14.3 Å². The Balaban J connectivity index is 1.76. The van der Waals surface area contributed by atoms with Gasteiger partial charge >= 0.3 is 5.97 Å². The van der Waals surface area contributed by atoms with E-state index < -0.39 is 29.6 Å². The highest BCUT2D eigenvalue weighted by atomic mass is 79.9. The summed E-state index contributed by atoms with van der Waals surface area (Å²) in [5.74, 6) is -2.29. The molecule has 2 amide bonds. The Morgan fingerprint density at radius 3 is 2.46 bits per heavy atom. The topological polar surface area (TPSA) is 92.8 Å². The Bertz CT molecular complexity index is 971. The van der Waals surface area contributed by atoms with Gasteiger partial charge in [0, 0.05) is 10.2 Å². The molecule has 1 aliphatic rings. The van der Waals surface area contributed by atoms with Gasteiger partial charge in [0.15, 0.2) is 0 Å². The van der Waals surface area contributed by atoms with Crippen LogP contribution in [0.25, 0.3) is 0 Å². The summed E-state index contributed by atoms with van der Waals surface area (Å²) in [4.78, 5) is 50.1. The molecule has 0 saturated carbocycles. The van der Waals surface area contributed by atoms with Crippen LogP contribution in [0.5, 0.6) is 0 Å². The SMILES string of the molecule is CCOC(=O)c1ccc(NC(=O)C(C)N2C(=O)C(=O)c3cc(Br)ccc32)cc1. The number of ether oxygens (including phenoxy) is 1. The summed E-state index contributed by atoms with van der Waals surface area (Å²) in [6.07, 6.45) is 0. The lowest BCUT2D eigenvalue weighted by molar-refractivity contribution is -0.120. The molecule has 2 aromatic rings. The van der Waals surface area contributed by atoms with Crippen LogP contribution in [-0.4, -0.2) is 36.2 Å². The van der Waals surface area contributed by atoms with Crippen LogP contribution in [0.2, 0.25) is 0 Å². The molecule has 3 rings (SSSR count). The van der Waals surface area contributed by atoms with Gasteiger partial charge in [0.2, 0.25) is 5.91 Å². The fourth-order valence-electron chi connectivity index (χ4n) is 2.89. The number of fused-ring (bicyclic) bond motifs is 1. The molecule has 0 radical (unpaired) electrons. The van der Waals surface area contributed by atoms with Gasteiger partial charge in [0.25, 0.3) is 11.7 Å². The van der Waals surface area contributed by atoms with Crippen molar-refractivity contribution in [3.63, 3.8) is 0 Å². The molecule has 1 aliphatic heterocycles. The fraction of sp³-hybridized carbons (Fsp3) is 0.200. The lowest BCUT2D eigenvalue weighted by Crippen LogP contribution is -2.45. The van der Waals surface area contributed by atoms with E-state index in [0.717, 1.165) is 0 Å². The number of nitrogens with one attached hydrogen (secondary N) is 1. The van der Waals surface area contributed by atoms with Gasteiger partial charge in [-0.15, -0.1) is 0 Å². The van der Waals surface area contributed by atoms with Crippen LogP contribution in [0.15, 0.2) is 46.9 Å². The summed E-state index contributed by atoms with van der Waals surface area (Å²) >= 11 is 3.27. The van der Waals surface area contributed by atoms with Crippen LogP contribution in [0, 0.1) is 0 Å². The van der Waals surface area contributed by atoms with Crippen molar-refractivity contribution in [3.8, 4) is 0 Å². The van der Waals surface area contributed by atoms with Crippen molar-refractivity contribution in [2.24, 2.45) is 0 Å². The molecule has 0 bridgehead atoms. The standard InChI is InChI=1S/C20H17BrN2O5/c1-3-28-20(27)12-4-7-14(8-5-12)22-18(25)11(2)23-16-9-6-13(21)10-15(16)17(24)19(23)26/h4-11H,3H2,1-2H3,(H,22,25). The average molecular weight is 445 g/mol. The Labute approximate surface area is 169 Å². The van der Waals surface area contributed by atoms with E-state index in [1.165, 1.54) is 17.0 Å². The van der Waals surface area contributed by atoms with Crippen molar-refractivity contribution < 1.29 is 23.9 Å². The van der Waals surface area contributed by atoms with Crippen molar-refractivity contribution in [2.75, 3.05) is 16.8 Å². The molecule has 0 spiro atoms. The molecule has 0 aliphatic carbocycles. The van der Waals surface area contributed by atoms with Crippen molar-refractivity contribution in [1.82, 2.24) is 0 Å². The highest BCUT2D eigenvalue weighted by molar-refractivity contribution is 9.10. The maximum absolute atomic E-state index is 12.6. The molecule has 0 fully saturated rings. The molecule has 0 aromatic heterocycles. The number of anilines is 2. The number of Topliss-reactive ketones (excluding diaryl/α,β-unsaturated/α-hetero) is 1. The van der Waals surface area contributed by atoms with E-state index in [2.05, 4.69) is 21.2 Å². The number of rotatable bonds is 5. The van der Waals surface area contributed by atoms with Gasteiger partial charge in [0.05, 0.1) is 23.4 Å². The average Bonchev–Trinajstić information content (AvgIpc) is 2.92. The zero-order chi connectivity index (χ0) is 20.4. The Morgan fingerprint density at radius 1 is 1.14 bits per heavy atom. The van der Waals surface area contributed by atoms with Crippen LogP contribution in [0.4, 0.5) is 11.4 Å². The van der Waals surface area contributed by atoms with Gasteiger partial charge in [-0.1, -0.05) is 15.9 Å². The van der Waals surface area contributed by atoms with Gasteiger partial charge in [0.1, 0.15) is 6.04 Å². The Kier molecular flexibility index (Phi) is 5.60. The number of nitrogens with zero attached hydrogens (tertiary/aromatic N) is 1. The van der Waals surface area contributed by atoms with Crippen LogP contribution in [0.1, 0.15) is 34.6 Å². The summed E-state index contributed by atoms with van der Waals surface area (Å²) in [7, 11) is 0. The third kappa shape index (κ3) is 3.68. The molecule has 1 N–H and O–H groups in total. The third-order valence-electron chi connectivity index (χ3n) is 4.31. The van der Waals surface area contributed by atoms with E-state index in [1.54, 1.807) is 44.2 Å². The number of esters is 1. The first kappa shape index (κ1) is 19.8. The van der Waals surface area contributed by atoms with E-state index in [9.17, 15) is 19.2 Å². The predicted octanol–water partition coefficient (Wildman–Crippen LogP) is 3.18. The molecular formula is C20H17BrN2O5. The number of hydrogen-bond donors (Lipinski definition) is 1. The smallest absolute Gasteiger partial charge is 0.338 e. The summed E-state index contributed by atoms with van der Waals surface area (Å²) in [5, 5.41) is 2.69. The molecule has 7 nitrogen and oxygen atoms in total. The number of ketones is 1. The van der Waals surface area contributed by atoms with E-state index >= 15 is 0 Å². The predicted molar refractivity (Wildman–Crippen MR) is 106 cm³/mol. The highest BCUT2D eigenvalue weighted by Gasteiger charge is 2.40. The molecule has 2 aromatic carbocycles. The summed E-state index contributed by atoms with van der Waals surface area (Å²) < 4.78 is 5.59. The van der Waals surface area contributed by atoms with Crippen LogP contribution >= 0.6 is 15.9 Å². The first-order chi connectivity index (χ1) is 13.3. The molecule has 144 valence electrons. The highest BCUT2D eigenvalue weighted by Crippen LogP contribution is 2.33. The maximum atomic E-state index is 12.6. The van der Waals surface area contributed by atoms with Crippen molar-refractivity contribution >= 4 is 50.9 Å². The minimum atomic E-state index is -0.899. The molecule has 0 saturated heterocycles. The van der Waals surface area contributed by atoms with E-state index in [4.69, 9.17) is 4.74 Å². The van der Waals surface area contributed by atoms with Gasteiger partial charge in [-0.3, -0.25) is 19.3 Å². The molecular weight excluding hydrogens is 428 g/mol. The fourth-order valence-corrected chi connectivity index (χ4v) is 3.25. The van der Waals surface area contributed by atoms with Crippen molar-refractivity contribution in [3.05, 3.63) is 58.1 Å². The van der Waals surface area contributed by atoms with Gasteiger partial charge in [-0.05, 0) is 56.3 Å². The molecule has 8 heteroatoms. The second-order valence-corrected chi connectivity index (χ2v) is 7.04. The molecule has 1 heterocycles. The van der Waals surface area contributed by atoms with Crippen LogP contribution in [0.3, 0.4) is 0 Å². The third-order valence-corrected chi connectivity index (χ3v) is 4.80. The van der Waals surface area contributed by atoms with Gasteiger partial charge < -0.3 is 10.1 Å². The van der Waals surface area contributed by atoms with Gasteiger partial charge in [-0.2, -0.15) is 0 Å².